The van der Waals surface area contributed by atoms with Crippen molar-refractivity contribution in [2.75, 3.05) is 14.2 Å². The fourth-order valence-electron chi connectivity index (χ4n) is 5.85. The van der Waals surface area contributed by atoms with Gasteiger partial charge in [0.15, 0.2) is 0 Å². The molecule has 1 unspecified atom stereocenters. The van der Waals surface area contributed by atoms with Crippen molar-refractivity contribution in [3.8, 4) is 22.9 Å². The van der Waals surface area contributed by atoms with E-state index < -0.39 is 0 Å². The van der Waals surface area contributed by atoms with E-state index in [0.717, 1.165) is 53.9 Å². The van der Waals surface area contributed by atoms with Crippen LogP contribution >= 0.6 is 0 Å². The van der Waals surface area contributed by atoms with Gasteiger partial charge in [0, 0.05) is 12.1 Å². The van der Waals surface area contributed by atoms with Crippen molar-refractivity contribution in [2.45, 2.75) is 69.9 Å². The highest BCUT2D eigenvalue weighted by Crippen LogP contribution is 2.41. The van der Waals surface area contributed by atoms with Crippen molar-refractivity contribution in [3.05, 3.63) is 42.5 Å². The standard InChI is InChI=1S/C28H35N3O3.ClH/c1-33-21-16-17-22(25(18-21)34-2)27-30-23-14-8-9-15-24(23)31(27)26(19-10-6-7-11-19)28(32)29-20-12-4-3-5-13-20;/h8-9,14-20,26H,3-7,10-13H2,1-2H3,(H,29,32);1H. The Balaban J connectivity index is 0.00000180. The number of hydrogen-bond acceptors (Lipinski definition) is 4. The van der Waals surface area contributed by atoms with E-state index in [9.17, 15) is 4.79 Å². The summed E-state index contributed by atoms with van der Waals surface area (Å²) in [4.78, 5) is 19.0. The second-order valence-electron chi connectivity index (χ2n) is 9.69. The third-order valence-electron chi connectivity index (χ3n) is 7.59. The second-order valence-corrected chi connectivity index (χ2v) is 9.69. The van der Waals surface area contributed by atoms with Gasteiger partial charge in [-0.3, -0.25) is 4.79 Å². The van der Waals surface area contributed by atoms with Crippen LogP contribution in [0.3, 0.4) is 0 Å². The highest BCUT2D eigenvalue weighted by molar-refractivity contribution is 5.88. The SMILES string of the molecule is COc1ccc(-c2nc3ccccc3n2C(C(=O)NC2CCCCC2)C2CCCC2)c(OC)c1.[Cl-].[H+]. The highest BCUT2D eigenvalue weighted by Gasteiger charge is 2.36. The number of ether oxygens (including phenoxy) is 2. The van der Waals surface area contributed by atoms with Gasteiger partial charge in [-0.1, -0.05) is 44.2 Å². The first kappa shape index (κ1) is 25.4. The maximum absolute atomic E-state index is 14.0. The minimum absolute atomic E-state index is 0. The molecule has 188 valence electrons. The monoisotopic (exact) mass is 497 g/mol. The Hall–Kier alpha value is -2.73. The molecule has 1 heterocycles. The normalized spacial score (nSPS) is 17.7. The van der Waals surface area contributed by atoms with Crippen LogP contribution in [0, 0.1) is 5.92 Å². The largest absolute Gasteiger partial charge is 1.00 e. The summed E-state index contributed by atoms with van der Waals surface area (Å²) in [6, 6.07) is 13.9. The van der Waals surface area contributed by atoms with Crippen LogP contribution < -0.4 is 27.2 Å². The first-order chi connectivity index (χ1) is 16.7. The predicted octanol–water partition coefficient (Wildman–Crippen LogP) is 3.02. The molecule has 0 radical (unpaired) electrons. The summed E-state index contributed by atoms with van der Waals surface area (Å²) < 4.78 is 13.4. The Morgan fingerprint density at radius 3 is 2.43 bits per heavy atom. The summed E-state index contributed by atoms with van der Waals surface area (Å²) >= 11 is 0. The number of nitrogens with one attached hydrogen (secondary N) is 1. The van der Waals surface area contributed by atoms with Crippen LogP contribution in [0.15, 0.2) is 42.5 Å². The number of halogens is 1. The Morgan fingerprint density at radius 1 is 1.00 bits per heavy atom. The topological polar surface area (TPSA) is 65.4 Å². The summed E-state index contributed by atoms with van der Waals surface area (Å²) in [7, 11) is 3.31. The number of hydrogen-bond donors (Lipinski definition) is 1. The molecule has 35 heavy (non-hydrogen) atoms. The number of para-hydroxylation sites is 2. The van der Waals surface area contributed by atoms with E-state index in [4.69, 9.17) is 14.5 Å². The van der Waals surface area contributed by atoms with Crippen molar-refractivity contribution < 1.29 is 28.1 Å². The average molecular weight is 498 g/mol. The van der Waals surface area contributed by atoms with Crippen LogP contribution in [-0.2, 0) is 4.79 Å². The molecule has 2 aliphatic rings. The quantitative estimate of drug-likeness (QED) is 0.545. The number of fused-ring (bicyclic) bond motifs is 1. The molecule has 0 aliphatic heterocycles. The van der Waals surface area contributed by atoms with E-state index >= 15 is 0 Å². The van der Waals surface area contributed by atoms with Crippen molar-refractivity contribution in [1.82, 2.24) is 14.9 Å². The zero-order chi connectivity index (χ0) is 23.5. The van der Waals surface area contributed by atoms with Gasteiger partial charge in [-0.25, -0.2) is 4.98 Å². The van der Waals surface area contributed by atoms with Gasteiger partial charge in [0.1, 0.15) is 23.4 Å². The molecule has 1 aromatic heterocycles. The molecule has 2 saturated carbocycles. The third-order valence-corrected chi connectivity index (χ3v) is 7.59. The first-order valence-electron chi connectivity index (χ1n) is 12.7. The summed E-state index contributed by atoms with van der Waals surface area (Å²) in [6.45, 7) is 0. The molecule has 7 heteroatoms. The fourth-order valence-corrected chi connectivity index (χ4v) is 5.85. The Bertz CT molecular complexity index is 1160. The maximum Gasteiger partial charge on any atom is 1.00 e. The molecular weight excluding hydrogens is 462 g/mol. The zero-order valence-electron chi connectivity index (χ0n) is 21.6. The van der Waals surface area contributed by atoms with Gasteiger partial charge < -0.3 is 31.8 Å². The van der Waals surface area contributed by atoms with E-state index in [1.54, 1.807) is 14.2 Å². The van der Waals surface area contributed by atoms with Crippen LogP contribution in [0.5, 0.6) is 11.5 Å². The predicted molar refractivity (Wildman–Crippen MR) is 135 cm³/mol. The van der Waals surface area contributed by atoms with Crippen LogP contribution in [0.4, 0.5) is 0 Å². The van der Waals surface area contributed by atoms with Gasteiger partial charge in [0.05, 0.1) is 30.8 Å². The van der Waals surface area contributed by atoms with Gasteiger partial charge in [-0.15, -0.1) is 0 Å². The zero-order valence-corrected chi connectivity index (χ0v) is 21.4. The van der Waals surface area contributed by atoms with Crippen molar-refractivity contribution >= 4 is 16.9 Å². The Labute approximate surface area is 215 Å². The Morgan fingerprint density at radius 2 is 1.71 bits per heavy atom. The van der Waals surface area contributed by atoms with Gasteiger partial charge in [-0.2, -0.15) is 0 Å². The molecule has 2 fully saturated rings. The number of amides is 1. The molecule has 0 bridgehead atoms. The summed E-state index contributed by atoms with van der Waals surface area (Å²) in [5.41, 5.74) is 2.75. The minimum atomic E-state index is -0.293. The van der Waals surface area contributed by atoms with Crippen molar-refractivity contribution in [1.29, 1.82) is 0 Å². The van der Waals surface area contributed by atoms with Crippen LogP contribution in [0.25, 0.3) is 22.4 Å². The minimum Gasteiger partial charge on any atom is -1.00 e. The molecule has 2 aromatic carbocycles. The lowest BCUT2D eigenvalue weighted by Gasteiger charge is -2.30. The first-order valence-corrected chi connectivity index (χ1v) is 12.7. The summed E-state index contributed by atoms with van der Waals surface area (Å²) in [5, 5.41) is 3.44. The molecule has 6 nitrogen and oxygen atoms in total. The number of carbonyl (C=O) groups is 1. The highest BCUT2D eigenvalue weighted by atomic mass is 35.5. The van der Waals surface area contributed by atoms with Crippen molar-refractivity contribution in [3.63, 3.8) is 0 Å². The fraction of sp³-hybridized carbons (Fsp3) is 0.500. The van der Waals surface area contributed by atoms with E-state index in [-0.39, 0.29) is 31.8 Å². The number of nitrogens with zero attached hydrogens (tertiary/aromatic N) is 2. The van der Waals surface area contributed by atoms with E-state index in [0.29, 0.717) is 11.7 Å². The lowest BCUT2D eigenvalue weighted by atomic mass is 9.93. The smallest absolute Gasteiger partial charge is 1.00 e. The van der Waals surface area contributed by atoms with Gasteiger partial charge >= 0.3 is 1.43 Å². The number of benzene rings is 2. The number of aromatic nitrogens is 2. The maximum atomic E-state index is 14.0. The van der Waals surface area contributed by atoms with Crippen molar-refractivity contribution in [2.24, 2.45) is 5.92 Å². The van der Waals surface area contributed by atoms with Crippen LogP contribution in [0.2, 0.25) is 0 Å². The molecule has 2 aliphatic carbocycles. The Kier molecular flexibility index (Phi) is 8.22. The van der Waals surface area contributed by atoms with Gasteiger partial charge in [-0.05, 0) is 55.9 Å². The number of methoxy groups -OCH3 is 2. The summed E-state index contributed by atoms with van der Waals surface area (Å²) in [5.74, 6) is 2.62. The van der Waals surface area contributed by atoms with E-state index in [2.05, 4.69) is 16.0 Å². The number of carbonyl (C=O) groups excluding carboxylic acids is 1. The molecule has 1 atom stereocenters. The van der Waals surface area contributed by atoms with Gasteiger partial charge in [0.25, 0.3) is 0 Å². The van der Waals surface area contributed by atoms with Crippen LogP contribution in [0.1, 0.15) is 65.3 Å². The molecule has 0 spiro atoms. The molecule has 1 amide bonds. The second kappa shape index (κ2) is 11.3. The van der Waals surface area contributed by atoms with E-state index in [1.807, 2.05) is 36.4 Å². The molecule has 0 saturated heterocycles. The molecular formula is C28H36ClN3O3. The average Bonchev–Trinajstić information content (AvgIpc) is 3.53. The van der Waals surface area contributed by atoms with Gasteiger partial charge in [0.2, 0.25) is 5.91 Å². The van der Waals surface area contributed by atoms with E-state index in [1.165, 1.54) is 32.1 Å². The molecule has 5 rings (SSSR count). The number of imidazole rings is 1. The molecule has 3 aromatic rings. The lowest BCUT2D eigenvalue weighted by Crippen LogP contribution is -3.00. The lowest BCUT2D eigenvalue weighted by molar-refractivity contribution is -0.126. The third kappa shape index (κ3) is 5.13. The summed E-state index contributed by atoms with van der Waals surface area (Å²) in [6.07, 6.45) is 10.3. The number of rotatable bonds is 7. The molecule has 1 N–H and O–H groups in total. The van der Waals surface area contributed by atoms with Crippen LogP contribution in [-0.4, -0.2) is 35.7 Å².